The maximum atomic E-state index is 12.4. The van der Waals surface area contributed by atoms with Crippen molar-refractivity contribution in [1.29, 1.82) is 0 Å². The molecule has 0 amide bonds. The number of hydrazone groups is 1. The standard InChI is InChI=1S/C26H23F3N6OS/c1-16-5-4-6-17(2)23(16)31-25(37)33-32-18(3)19-7-9-20(10-8-19)24-30-15-35(34-24)21-11-13-22(14-12-21)36-26(27,28)29/h4-15H,1-3H3,(H2,31,33,37). The van der Waals surface area contributed by atoms with Crippen LogP contribution in [0.2, 0.25) is 0 Å². The van der Waals surface area contributed by atoms with E-state index in [1.165, 1.54) is 35.3 Å². The number of thiocarbonyl (C=S) groups is 1. The minimum atomic E-state index is -4.74. The second-order valence-corrected chi connectivity index (χ2v) is 8.57. The number of anilines is 1. The van der Waals surface area contributed by atoms with E-state index >= 15 is 0 Å². The highest BCUT2D eigenvalue weighted by Gasteiger charge is 2.31. The number of halogens is 3. The van der Waals surface area contributed by atoms with E-state index in [9.17, 15) is 13.2 Å². The third kappa shape index (κ3) is 6.70. The third-order valence-electron chi connectivity index (χ3n) is 5.43. The highest BCUT2D eigenvalue weighted by Crippen LogP contribution is 2.24. The first-order valence-corrected chi connectivity index (χ1v) is 11.6. The number of nitrogens with zero attached hydrogens (tertiary/aromatic N) is 4. The van der Waals surface area contributed by atoms with Crippen LogP contribution in [-0.4, -0.2) is 32.0 Å². The molecule has 2 N–H and O–H groups in total. The average molecular weight is 525 g/mol. The summed E-state index contributed by atoms with van der Waals surface area (Å²) < 4.78 is 42.4. The Hall–Kier alpha value is -4.25. The van der Waals surface area contributed by atoms with Crippen molar-refractivity contribution < 1.29 is 17.9 Å². The van der Waals surface area contributed by atoms with Crippen molar-refractivity contribution in [3.63, 3.8) is 0 Å². The predicted octanol–water partition coefficient (Wildman–Crippen LogP) is 6.16. The molecule has 4 rings (SSSR count). The second-order valence-electron chi connectivity index (χ2n) is 8.16. The van der Waals surface area contributed by atoms with Crippen molar-refractivity contribution in [1.82, 2.24) is 20.2 Å². The summed E-state index contributed by atoms with van der Waals surface area (Å²) in [7, 11) is 0. The van der Waals surface area contributed by atoms with Crippen LogP contribution in [0.25, 0.3) is 17.1 Å². The molecule has 0 aliphatic carbocycles. The van der Waals surface area contributed by atoms with E-state index < -0.39 is 6.36 Å². The van der Waals surface area contributed by atoms with Gasteiger partial charge < -0.3 is 10.1 Å². The number of hydrogen-bond donors (Lipinski definition) is 2. The Bertz CT molecular complexity index is 1410. The molecule has 0 spiro atoms. The Morgan fingerprint density at radius 2 is 1.62 bits per heavy atom. The fourth-order valence-electron chi connectivity index (χ4n) is 3.53. The van der Waals surface area contributed by atoms with Gasteiger partial charge in [0, 0.05) is 11.3 Å². The molecule has 1 heterocycles. The van der Waals surface area contributed by atoms with Crippen molar-refractivity contribution in [2.24, 2.45) is 5.10 Å². The van der Waals surface area contributed by atoms with Crippen molar-refractivity contribution in [2.45, 2.75) is 27.1 Å². The van der Waals surface area contributed by atoms with Gasteiger partial charge in [0.1, 0.15) is 12.1 Å². The number of nitrogens with one attached hydrogen (secondary N) is 2. The molecule has 4 aromatic rings. The molecule has 1 aromatic heterocycles. The van der Waals surface area contributed by atoms with Gasteiger partial charge in [0.05, 0.1) is 11.4 Å². The van der Waals surface area contributed by atoms with Gasteiger partial charge >= 0.3 is 6.36 Å². The highest BCUT2D eigenvalue weighted by molar-refractivity contribution is 7.80. The Morgan fingerprint density at radius 1 is 0.973 bits per heavy atom. The molecule has 7 nitrogen and oxygen atoms in total. The van der Waals surface area contributed by atoms with E-state index in [1.807, 2.05) is 63.2 Å². The van der Waals surface area contributed by atoms with Crippen molar-refractivity contribution in [3.05, 3.63) is 89.7 Å². The summed E-state index contributed by atoms with van der Waals surface area (Å²) in [4.78, 5) is 4.31. The predicted molar refractivity (Wildman–Crippen MR) is 141 cm³/mol. The minimum absolute atomic E-state index is 0.305. The molecular weight excluding hydrogens is 501 g/mol. The van der Waals surface area contributed by atoms with Crippen LogP contribution >= 0.6 is 12.2 Å². The van der Waals surface area contributed by atoms with Crippen LogP contribution in [-0.2, 0) is 0 Å². The number of aryl methyl sites for hydroxylation is 2. The molecule has 0 saturated carbocycles. The van der Waals surface area contributed by atoms with Gasteiger partial charge in [-0.1, -0.05) is 42.5 Å². The van der Waals surface area contributed by atoms with Crippen molar-refractivity contribution >= 4 is 28.7 Å². The largest absolute Gasteiger partial charge is 0.573 e. The van der Waals surface area contributed by atoms with Crippen LogP contribution in [0.3, 0.4) is 0 Å². The van der Waals surface area contributed by atoms with E-state index in [1.54, 1.807) is 0 Å². The Kier molecular flexibility index (Phi) is 7.53. The number of ether oxygens (including phenoxy) is 1. The van der Waals surface area contributed by atoms with Crippen molar-refractivity contribution in [2.75, 3.05) is 5.32 Å². The van der Waals surface area contributed by atoms with E-state index in [4.69, 9.17) is 12.2 Å². The van der Waals surface area contributed by atoms with Crippen LogP contribution in [0.4, 0.5) is 18.9 Å². The summed E-state index contributed by atoms with van der Waals surface area (Å²) in [6.07, 6.45) is -3.25. The van der Waals surface area contributed by atoms with E-state index in [0.29, 0.717) is 16.6 Å². The molecule has 0 radical (unpaired) electrons. The van der Waals surface area contributed by atoms with Gasteiger partial charge in [-0.3, -0.25) is 5.43 Å². The summed E-state index contributed by atoms with van der Waals surface area (Å²) in [6.45, 7) is 5.88. The quantitative estimate of drug-likeness (QED) is 0.179. The van der Waals surface area contributed by atoms with Gasteiger partial charge in [0.25, 0.3) is 0 Å². The van der Waals surface area contributed by atoms with E-state index in [2.05, 4.69) is 30.7 Å². The van der Waals surface area contributed by atoms with Gasteiger partial charge in [-0.25, -0.2) is 9.67 Å². The lowest BCUT2D eigenvalue weighted by molar-refractivity contribution is -0.274. The first kappa shape index (κ1) is 25.8. The van der Waals surface area contributed by atoms with E-state index in [0.717, 1.165) is 33.7 Å². The number of aromatic nitrogens is 3. The monoisotopic (exact) mass is 524 g/mol. The number of alkyl halides is 3. The number of para-hydroxylation sites is 1. The maximum Gasteiger partial charge on any atom is 0.573 e. The zero-order chi connectivity index (χ0) is 26.6. The highest BCUT2D eigenvalue weighted by atomic mass is 32.1. The number of hydrogen-bond acceptors (Lipinski definition) is 5. The van der Waals surface area contributed by atoms with E-state index in [-0.39, 0.29) is 5.75 Å². The number of benzene rings is 3. The molecule has 3 aromatic carbocycles. The molecule has 0 atom stereocenters. The SMILES string of the molecule is CC(=NNC(=S)Nc1c(C)cccc1C)c1ccc(-c2ncn(-c3ccc(OC(F)(F)F)cc3)n2)cc1. The third-order valence-corrected chi connectivity index (χ3v) is 5.63. The summed E-state index contributed by atoms with van der Waals surface area (Å²) >= 11 is 5.38. The van der Waals surface area contributed by atoms with Gasteiger partial charge in [0.15, 0.2) is 10.9 Å². The lowest BCUT2D eigenvalue weighted by atomic mass is 10.1. The summed E-state index contributed by atoms with van der Waals surface area (Å²) in [5.74, 6) is 0.161. The fourth-order valence-corrected chi connectivity index (χ4v) is 3.68. The molecule has 0 bridgehead atoms. The topological polar surface area (TPSA) is 76.4 Å². The molecule has 11 heteroatoms. The fraction of sp³-hybridized carbons (Fsp3) is 0.154. The molecule has 37 heavy (non-hydrogen) atoms. The lowest BCUT2D eigenvalue weighted by Crippen LogP contribution is -2.25. The van der Waals surface area contributed by atoms with Crippen LogP contribution in [0.15, 0.2) is 78.2 Å². The number of rotatable bonds is 6. The lowest BCUT2D eigenvalue weighted by Gasteiger charge is -2.13. The Morgan fingerprint density at radius 3 is 2.24 bits per heavy atom. The molecular formula is C26H23F3N6OS. The Labute approximate surface area is 217 Å². The smallest absolute Gasteiger partial charge is 0.406 e. The molecule has 0 unspecified atom stereocenters. The maximum absolute atomic E-state index is 12.4. The molecule has 190 valence electrons. The first-order valence-electron chi connectivity index (χ1n) is 11.2. The normalized spacial score (nSPS) is 11.8. The van der Waals surface area contributed by atoms with Gasteiger partial charge in [-0.05, 0) is 73.9 Å². The van der Waals surface area contributed by atoms with Crippen LogP contribution in [0, 0.1) is 13.8 Å². The van der Waals surface area contributed by atoms with Crippen LogP contribution < -0.4 is 15.5 Å². The molecule has 0 aliphatic heterocycles. The minimum Gasteiger partial charge on any atom is -0.406 e. The van der Waals surface area contributed by atoms with Gasteiger partial charge in [-0.15, -0.1) is 18.3 Å². The molecule has 0 saturated heterocycles. The molecule has 0 aliphatic rings. The summed E-state index contributed by atoms with van der Waals surface area (Å²) in [6, 6.07) is 18.9. The second kappa shape index (κ2) is 10.8. The van der Waals surface area contributed by atoms with Crippen molar-refractivity contribution in [3.8, 4) is 22.8 Å². The van der Waals surface area contributed by atoms with Crippen LogP contribution in [0.5, 0.6) is 5.75 Å². The summed E-state index contributed by atoms with van der Waals surface area (Å²) in [5, 5.41) is 12.4. The summed E-state index contributed by atoms with van der Waals surface area (Å²) in [5.41, 5.74) is 8.93. The zero-order valence-electron chi connectivity index (χ0n) is 20.2. The van der Waals surface area contributed by atoms with Gasteiger partial charge in [-0.2, -0.15) is 5.10 Å². The Balaban J connectivity index is 1.39. The first-order chi connectivity index (χ1) is 17.6. The van der Waals surface area contributed by atoms with Gasteiger partial charge in [0.2, 0.25) is 0 Å². The average Bonchev–Trinajstić information content (AvgIpc) is 3.35. The molecule has 0 fully saturated rings. The van der Waals surface area contributed by atoms with Crippen LogP contribution in [0.1, 0.15) is 23.6 Å². The zero-order valence-corrected chi connectivity index (χ0v) is 21.0.